The van der Waals surface area contributed by atoms with Gasteiger partial charge in [0.05, 0.1) is 17.8 Å². The number of nitrogens with one attached hydrogen (secondary N) is 1. The fourth-order valence-corrected chi connectivity index (χ4v) is 3.95. The predicted octanol–water partition coefficient (Wildman–Crippen LogP) is 3.07. The highest BCUT2D eigenvalue weighted by Gasteiger charge is 2.25. The zero-order chi connectivity index (χ0) is 19.3. The number of carbonyl (C=O) groups excluding carboxylic acids is 1. The molecule has 0 radical (unpaired) electrons. The van der Waals surface area contributed by atoms with Gasteiger partial charge in [-0.05, 0) is 30.7 Å². The third-order valence-corrected chi connectivity index (χ3v) is 5.91. The highest BCUT2D eigenvalue weighted by atomic mass is 35.5. The molecule has 1 N–H and O–H groups in total. The number of hydrogen-bond acceptors (Lipinski definition) is 4. The summed E-state index contributed by atoms with van der Waals surface area (Å²) in [6, 6.07) is 11.6. The van der Waals surface area contributed by atoms with Gasteiger partial charge in [-0.3, -0.25) is 4.79 Å². The first-order valence-electron chi connectivity index (χ1n) is 7.50. The number of amides is 1. The lowest BCUT2D eigenvalue weighted by Crippen LogP contribution is -2.36. The average Bonchev–Trinajstić information content (AvgIpc) is 2.57. The van der Waals surface area contributed by atoms with E-state index in [1.54, 1.807) is 0 Å². The van der Waals surface area contributed by atoms with Gasteiger partial charge in [0.1, 0.15) is 4.90 Å². The normalized spacial score (nSPS) is 11.9. The highest BCUT2D eigenvalue weighted by molar-refractivity contribution is 7.89. The second kappa shape index (κ2) is 8.64. The number of hydrazone groups is 1. The molecule has 0 aliphatic rings. The van der Waals surface area contributed by atoms with Crippen molar-refractivity contribution < 1.29 is 13.2 Å². The van der Waals surface area contributed by atoms with E-state index in [4.69, 9.17) is 23.2 Å². The molecule has 2 rings (SSSR count). The van der Waals surface area contributed by atoms with Crippen molar-refractivity contribution in [1.82, 2.24) is 9.73 Å². The van der Waals surface area contributed by atoms with Crippen molar-refractivity contribution in [3.05, 3.63) is 63.6 Å². The van der Waals surface area contributed by atoms with E-state index in [0.29, 0.717) is 0 Å². The van der Waals surface area contributed by atoms with E-state index in [0.717, 1.165) is 15.4 Å². The Hall–Kier alpha value is -1.93. The van der Waals surface area contributed by atoms with Gasteiger partial charge in [0.15, 0.2) is 0 Å². The van der Waals surface area contributed by atoms with E-state index in [-0.39, 0.29) is 14.9 Å². The lowest BCUT2D eigenvalue weighted by Gasteiger charge is -2.17. The van der Waals surface area contributed by atoms with Gasteiger partial charge < -0.3 is 0 Å². The van der Waals surface area contributed by atoms with Crippen molar-refractivity contribution in [3.63, 3.8) is 0 Å². The second-order valence-electron chi connectivity index (χ2n) is 5.54. The molecule has 0 aliphatic carbocycles. The largest absolute Gasteiger partial charge is 0.272 e. The van der Waals surface area contributed by atoms with E-state index in [1.807, 2.05) is 31.2 Å². The van der Waals surface area contributed by atoms with Crippen molar-refractivity contribution in [2.24, 2.45) is 5.10 Å². The number of benzene rings is 2. The SMILES string of the molecule is Cc1cccc(/C=N\NC(=O)CN(C)S(=O)(=O)c2cc(Cl)ccc2Cl)c1. The fraction of sp³-hybridized carbons (Fsp3) is 0.176. The topological polar surface area (TPSA) is 78.8 Å². The Morgan fingerprint density at radius 1 is 1.23 bits per heavy atom. The molecule has 0 spiro atoms. The van der Waals surface area contributed by atoms with Crippen LogP contribution in [0, 0.1) is 6.92 Å². The summed E-state index contributed by atoms with van der Waals surface area (Å²) in [5.74, 6) is -0.585. The fourth-order valence-electron chi connectivity index (χ4n) is 2.09. The smallest absolute Gasteiger partial charge is 0.255 e. The Morgan fingerprint density at radius 3 is 2.65 bits per heavy atom. The zero-order valence-electron chi connectivity index (χ0n) is 14.1. The molecule has 2 aromatic rings. The van der Waals surface area contributed by atoms with Crippen molar-refractivity contribution in [1.29, 1.82) is 0 Å². The highest BCUT2D eigenvalue weighted by Crippen LogP contribution is 2.27. The monoisotopic (exact) mass is 413 g/mol. The summed E-state index contributed by atoms with van der Waals surface area (Å²) in [7, 11) is -2.69. The molecule has 0 bridgehead atoms. The number of carbonyl (C=O) groups is 1. The summed E-state index contributed by atoms with van der Waals surface area (Å²) in [5.41, 5.74) is 4.17. The van der Waals surface area contributed by atoms with Crippen LogP contribution in [-0.2, 0) is 14.8 Å². The zero-order valence-corrected chi connectivity index (χ0v) is 16.4. The van der Waals surface area contributed by atoms with E-state index in [9.17, 15) is 13.2 Å². The van der Waals surface area contributed by atoms with Crippen LogP contribution in [0.15, 0.2) is 52.5 Å². The van der Waals surface area contributed by atoms with Crippen molar-refractivity contribution in [3.8, 4) is 0 Å². The lowest BCUT2D eigenvalue weighted by atomic mass is 10.2. The molecule has 26 heavy (non-hydrogen) atoms. The predicted molar refractivity (Wildman–Crippen MR) is 103 cm³/mol. The Bertz CT molecular complexity index is 946. The quantitative estimate of drug-likeness (QED) is 0.583. The van der Waals surface area contributed by atoms with Crippen LogP contribution >= 0.6 is 23.2 Å². The molecule has 0 saturated heterocycles. The Morgan fingerprint density at radius 2 is 1.96 bits per heavy atom. The van der Waals surface area contributed by atoms with Gasteiger partial charge in [-0.15, -0.1) is 0 Å². The molecule has 0 atom stereocenters. The minimum Gasteiger partial charge on any atom is -0.272 e. The lowest BCUT2D eigenvalue weighted by molar-refractivity contribution is -0.121. The van der Waals surface area contributed by atoms with Crippen LogP contribution in [0.4, 0.5) is 0 Å². The van der Waals surface area contributed by atoms with Gasteiger partial charge in [-0.1, -0.05) is 53.0 Å². The number of halogens is 2. The third-order valence-electron chi connectivity index (χ3n) is 3.39. The van der Waals surface area contributed by atoms with E-state index in [1.165, 1.54) is 31.5 Å². The molecule has 0 aliphatic heterocycles. The summed E-state index contributed by atoms with van der Waals surface area (Å²) in [4.78, 5) is 11.8. The molecule has 0 aromatic heterocycles. The van der Waals surface area contributed by atoms with Crippen molar-refractivity contribution >= 4 is 45.3 Å². The molecule has 2 aromatic carbocycles. The maximum absolute atomic E-state index is 12.5. The summed E-state index contributed by atoms with van der Waals surface area (Å²) in [6.45, 7) is 1.52. The number of likely N-dealkylation sites (N-methyl/N-ethyl adjacent to an activating group) is 1. The number of hydrogen-bond donors (Lipinski definition) is 1. The Labute approximate surface area is 162 Å². The van der Waals surface area contributed by atoms with E-state index in [2.05, 4.69) is 10.5 Å². The first-order chi connectivity index (χ1) is 12.2. The van der Waals surface area contributed by atoms with Gasteiger partial charge in [0.25, 0.3) is 5.91 Å². The number of nitrogens with zero attached hydrogens (tertiary/aromatic N) is 2. The van der Waals surface area contributed by atoms with Crippen LogP contribution in [-0.4, -0.2) is 38.4 Å². The molecule has 138 valence electrons. The van der Waals surface area contributed by atoms with Crippen LogP contribution in [0.5, 0.6) is 0 Å². The summed E-state index contributed by atoms with van der Waals surface area (Å²) < 4.78 is 26.0. The van der Waals surface area contributed by atoms with Crippen LogP contribution in [0.2, 0.25) is 10.0 Å². The standard InChI is InChI=1S/C17H17Cl2N3O3S/c1-12-4-3-5-13(8-12)10-20-21-17(23)11-22(2)26(24,25)16-9-14(18)6-7-15(16)19/h3-10H,11H2,1-2H3,(H,21,23)/b20-10-. The maximum Gasteiger partial charge on any atom is 0.255 e. The molecular weight excluding hydrogens is 397 g/mol. The van der Waals surface area contributed by atoms with Gasteiger partial charge in [0.2, 0.25) is 10.0 Å². The summed E-state index contributed by atoms with van der Waals surface area (Å²) >= 11 is 11.8. The minimum absolute atomic E-state index is 0.0270. The Balaban J connectivity index is 2.03. The van der Waals surface area contributed by atoms with E-state index >= 15 is 0 Å². The van der Waals surface area contributed by atoms with Crippen LogP contribution < -0.4 is 5.43 Å². The molecular formula is C17H17Cl2N3O3S. The summed E-state index contributed by atoms with van der Waals surface area (Å²) in [6.07, 6.45) is 1.48. The number of sulfonamides is 1. The van der Waals surface area contributed by atoms with Gasteiger partial charge in [-0.25, -0.2) is 13.8 Å². The average molecular weight is 414 g/mol. The molecule has 1 amide bonds. The van der Waals surface area contributed by atoms with Crippen molar-refractivity contribution in [2.75, 3.05) is 13.6 Å². The minimum atomic E-state index is -3.97. The van der Waals surface area contributed by atoms with Gasteiger partial charge >= 0.3 is 0 Å². The third kappa shape index (κ3) is 5.28. The first-order valence-corrected chi connectivity index (χ1v) is 9.69. The van der Waals surface area contributed by atoms with E-state index < -0.39 is 22.5 Å². The first kappa shape index (κ1) is 20.4. The van der Waals surface area contributed by atoms with Crippen LogP contribution in [0.3, 0.4) is 0 Å². The molecule has 0 heterocycles. The molecule has 0 unspecified atom stereocenters. The Kier molecular flexibility index (Phi) is 6.77. The summed E-state index contributed by atoms with van der Waals surface area (Å²) in [5, 5.41) is 4.09. The van der Waals surface area contributed by atoms with Crippen LogP contribution in [0.25, 0.3) is 0 Å². The number of rotatable bonds is 6. The van der Waals surface area contributed by atoms with Crippen LogP contribution in [0.1, 0.15) is 11.1 Å². The molecule has 0 saturated carbocycles. The molecule has 0 fully saturated rings. The van der Waals surface area contributed by atoms with Crippen molar-refractivity contribution in [2.45, 2.75) is 11.8 Å². The maximum atomic E-state index is 12.5. The second-order valence-corrected chi connectivity index (χ2v) is 8.40. The van der Waals surface area contributed by atoms with Gasteiger partial charge in [-0.2, -0.15) is 9.41 Å². The van der Waals surface area contributed by atoms with Gasteiger partial charge in [0, 0.05) is 12.1 Å². The molecule has 6 nitrogen and oxygen atoms in total. The number of aryl methyl sites for hydroxylation is 1. The molecule has 9 heteroatoms.